The van der Waals surface area contributed by atoms with Gasteiger partial charge in [-0.3, -0.25) is 0 Å². The lowest BCUT2D eigenvalue weighted by Gasteiger charge is -2.29. The van der Waals surface area contributed by atoms with Crippen LogP contribution in [0.5, 0.6) is 0 Å². The average Bonchev–Trinajstić information content (AvgIpc) is 3.25. The largest absolute Gasteiger partial charge is 0.310 e. The lowest BCUT2D eigenvalue weighted by Crippen LogP contribution is -2.11. The Morgan fingerprint density at radius 2 is 0.582 bits per heavy atom. The van der Waals surface area contributed by atoms with Crippen molar-refractivity contribution in [2.75, 3.05) is 4.90 Å². The third-order valence-corrected chi connectivity index (χ3v) is 10.9. The maximum Gasteiger partial charge on any atom is 0.0468 e. The number of hydrogen-bond acceptors (Lipinski definition) is 1. The molecule has 8 aromatic rings. The molecule has 0 N–H and O–H groups in total. The van der Waals surface area contributed by atoms with Gasteiger partial charge >= 0.3 is 0 Å². The SMILES string of the molecule is C1=C/C=C/c2cc(N(c3ccccc3)c3ccc4c(c3)-c3ccccc3-c3ccccc3-c3ccccc3-4)ccc2-c2ccccc2-c2ccccc2C=C1. The Balaban J connectivity index is 1.19. The summed E-state index contributed by atoms with van der Waals surface area (Å²) in [5, 5.41) is 0. The molecule has 0 unspecified atom stereocenters. The van der Waals surface area contributed by atoms with Crippen molar-refractivity contribution >= 4 is 29.2 Å². The molecule has 2 aliphatic carbocycles. The fraction of sp³-hybridized carbons (Fsp3) is 0. The molecule has 0 aliphatic heterocycles. The van der Waals surface area contributed by atoms with Crippen LogP contribution >= 0.6 is 0 Å². The Labute approximate surface area is 323 Å². The number of anilines is 3. The highest BCUT2D eigenvalue weighted by molar-refractivity contribution is 6.04. The van der Waals surface area contributed by atoms with Gasteiger partial charge in [-0.05, 0) is 114 Å². The van der Waals surface area contributed by atoms with Gasteiger partial charge in [-0.2, -0.15) is 0 Å². The summed E-state index contributed by atoms with van der Waals surface area (Å²) in [5.41, 5.74) is 20.4. The molecule has 258 valence electrons. The molecule has 1 nitrogen and oxygen atoms in total. The first kappa shape index (κ1) is 32.4. The summed E-state index contributed by atoms with van der Waals surface area (Å²) in [5.74, 6) is 0. The average molecular weight is 700 g/mol. The molecular formula is C54H37N. The standard InChI is InChI=1S/C54H37N/c1-2-5-20-39-36-41(32-34-44(39)46-25-11-10-24-45(46)43-23-9-8-19-38(43)18-4-1)55(40-21-6-3-7-22-40)42-33-35-53-51-30-15-14-28-49(51)47-26-12-13-27-48(47)50-29-16-17-31-52(50)54(53)37-42/h1-37H/b2-1?,4-1?,5-2?,18-4?,20-5+,38-18?,39-20?,45-43?,46-44?,49-47?,50-48?,53-51?,54-52?. The van der Waals surface area contributed by atoms with Crippen molar-refractivity contribution in [3.05, 3.63) is 223 Å². The van der Waals surface area contributed by atoms with Crippen molar-refractivity contribution in [2.24, 2.45) is 0 Å². The summed E-state index contributed by atoms with van der Waals surface area (Å²) < 4.78 is 0. The van der Waals surface area contributed by atoms with Gasteiger partial charge in [-0.25, -0.2) is 0 Å². The predicted molar refractivity (Wildman–Crippen MR) is 235 cm³/mol. The maximum absolute atomic E-state index is 2.39. The number of benzene rings is 8. The van der Waals surface area contributed by atoms with Crippen molar-refractivity contribution in [1.29, 1.82) is 0 Å². The second-order valence-corrected chi connectivity index (χ2v) is 14.0. The van der Waals surface area contributed by atoms with Gasteiger partial charge in [0.05, 0.1) is 0 Å². The molecule has 10 rings (SSSR count). The number of allylic oxidation sites excluding steroid dienone is 4. The molecule has 8 aromatic carbocycles. The van der Waals surface area contributed by atoms with Crippen LogP contribution in [0.4, 0.5) is 17.1 Å². The summed E-state index contributed by atoms with van der Waals surface area (Å²) in [6.45, 7) is 0. The van der Waals surface area contributed by atoms with Crippen molar-refractivity contribution < 1.29 is 0 Å². The quantitative estimate of drug-likeness (QED) is 0.177. The number of rotatable bonds is 3. The highest BCUT2D eigenvalue weighted by Crippen LogP contribution is 2.50. The zero-order valence-electron chi connectivity index (χ0n) is 30.3. The van der Waals surface area contributed by atoms with Gasteiger partial charge in [-0.15, -0.1) is 0 Å². The molecule has 0 saturated heterocycles. The highest BCUT2D eigenvalue weighted by Gasteiger charge is 2.24. The van der Waals surface area contributed by atoms with Crippen LogP contribution in [0.1, 0.15) is 11.1 Å². The fourth-order valence-corrected chi connectivity index (χ4v) is 8.37. The van der Waals surface area contributed by atoms with Crippen LogP contribution in [-0.4, -0.2) is 0 Å². The van der Waals surface area contributed by atoms with E-state index in [0.717, 1.165) is 22.6 Å². The van der Waals surface area contributed by atoms with E-state index in [2.05, 4.69) is 229 Å². The molecule has 55 heavy (non-hydrogen) atoms. The van der Waals surface area contributed by atoms with Crippen LogP contribution in [0.3, 0.4) is 0 Å². The van der Waals surface area contributed by atoms with Gasteiger partial charge in [0.15, 0.2) is 0 Å². The Morgan fingerprint density at radius 1 is 0.218 bits per heavy atom. The third-order valence-electron chi connectivity index (χ3n) is 10.9. The Hall–Kier alpha value is -7.22. The summed E-state index contributed by atoms with van der Waals surface area (Å²) >= 11 is 0. The number of nitrogens with zero attached hydrogens (tertiary/aromatic N) is 1. The topological polar surface area (TPSA) is 3.24 Å². The van der Waals surface area contributed by atoms with E-state index in [1.165, 1.54) is 72.3 Å². The monoisotopic (exact) mass is 699 g/mol. The lowest BCUT2D eigenvalue weighted by atomic mass is 9.81. The lowest BCUT2D eigenvalue weighted by molar-refractivity contribution is 1.28. The molecule has 0 amide bonds. The fourth-order valence-electron chi connectivity index (χ4n) is 8.37. The van der Waals surface area contributed by atoms with Gasteiger partial charge in [0.25, 0.3) is 0 Å². The van der Waals surface area contributed by atoms with Gasteiger partial charge in [-0.1, -0.05) is 188 Å². The molecule has 0 atom stereocenters. The molecule has 0 fully saturated rings. The van der Waals surface area contributed by atoms with Crippen LogP contribution in [0.25, 0.3) is 78.9 Å². The van der Waals surface area contributed by atoms with Gasteiger partial charge in [0.1, 0.15) is 0 Å². The van der Waals surface area contributed by atoms with Gasteiger partial charge in [0.2, 0.25) is 0 Å². The van der Waals surface area contributed by atoms with E-state index < -0.39 is 0 Å². The van der Waals surface area contributed by atoms with E-state index in [9.17, 15) is 0 Å². The predicted octanol–water partition coefficient (Wildman–Crippen LogP) is 15.1. The summed E-state index contributed by atoms with van der Waals surface area (Å²) in [7, 11) is 0. The second-order valence-electron chi connectivity index (χ2n) is 14.0. The van der Waals surface area contributed by atoms with Crippen LogP contribution < -0.4 is 4.90 Å². The van der Waals surface area contributed by atoms with Crippen LogP contribution in [0.2, 0.25) is 0 Å². The molecule has 0 radical (unpaired) electrons. The second kappa shape index (κ2) is 14.0. The smallest absolute Gasteiger partial charge is 0.0468 e. The van der Waals surface area contributed by atoms with Gasteiger partial charge in [0, 0.05) is 17.1 Å². The number of para-hydroxylation sites is 1. The Bertz CT molecular complexity index is 2810. The molecule has 0 aromatic heterocycles. The molecule has 0 saturated carbocycles. The first-order valence-electron chi connectivity index (χ1n) is 18.9. The van der Waals surface area contributed by atoms with Crippen LogP contribution in [0.15, 0.2) is 212 Å². The zero-order chi connectivity index (χ0) is 36.6. The first-order chi connectivity index (χ1) is 27.3. The number of hydrogen-bond donors (Lipinski definition) is 0. The van der Waals surface area contributed by atoms with Crippen molar-refractivity contribution in [3.8, 4) is 66.8 Å². The Kier molecular flexibility index (Phi) is 8.24. The molecule has 0 spiro atoms. The molecule has 2 aliphatic rings. The molecule has 0 bridgehead atoms. The normalized spacial score (nSPS) is 12.7. The van der Waals surface area contributed by atoms with E-state index >= 15 is 0 Å². The minimum atomic E-state index is 1.09. The van der Waals surface area contributed by atoms with E-state index in [1.54, 1.807) is 0 Å². The summed E-state index contributed by atoms with van der Waals surface area (Å²) in [4.78, 5) is 2.39. The Morgan fingerprint density at radius 3 is 1.13 bits per heavy atom. The van der Waals surface area contributed by atoms with E-state index in [1.807, 2.05) is 0 Å². The summed E-state index contributed by atoms with van der Waals surface area (Å²) in [6.07, 6.45) is 12.9. The minimum absolute atomic E-state index is 1.09. The van der Waals surface area contributed by atoms with E-state index in [0.29, 0.717) is 0 Å². The summed E-state index contributed by atoms with van der Waals surface area (Å²) in [6, 6.07) is 68.6. The zero-order valence-corrected chi connectivity index (χ0v) is 30.3. The van der Waals surface area contributed by atoms with Crippen molar-refractivity contribution in [2.45, 2.75) is 0 Å². The molecule has 1 heteroatoms. The van der Waals surface area contributed by atoms with Crippen molar-refractivity contribution in [1.82, 2.24) is 0 Å². The van der Waals surface area contributed by atoms with Crippen LogP contribution in [-0.2, 0) is 0 Å². The first-order valence-corrected chi connectivity index (χ1v) is 18.9. The van der Waals surface area contributed by atoms with E-state index in [-0.39, 0.29) is 0 Å². The van der Waals surface area contributed by atoms with E-state index in [4.69, 9.17) is 0 Å². The minimum Gasteiger partial charge on any atom is -0.310 e. The maximum atomic E-state index is 2.39. The van der Waals surface area contributed by atoms with Crippen molar-refractivity contribution in [3.63, 3.8) is 0 Å². The van der Waals surface area contributed by atoms with Gasteiger partial charge < -0.3 is 4.90 Å². The third kappa shape index (κ3) is 5.84. The van der Waals surface area contributed by atoms with Crippen LogP contribution in [0, 0.1) is 0 Å². The number of fused-ring (bicyclic) bond motifs is 13. The molecule has 0 heterocycles. The highest BCUT2D eigenvalue weighted by atomic mass is 15.1. The molecular weight excluding hydrogens is 663 g/mol.